The van der Waals surface area contributed by atoms with Crippen molar-refractivity contribution in [3.63, 3.8) is 0 Å². The van der Waals surface area contributed by atoms with Gasteiger partial charge in [-0.25, -0.2) is 0 Å². The first-order chi connectivity index (χ1) is 8.79. The van der Waals surface area contributed by atoms with E-state index in [2.05, 4.69) is 5.32 Å². The highest BCUT2D eigenvalue weighted by atomic mass is 16.3. The fourth-order valence-corrected chi connectivity index (χ4v) is 1.95. The molecule has 0 saturated heterocycles. The minimum absolute atomic E-state index is 0.0269. The minimum atomic E-state index is -1.33. The van der Waals surface area contributed by atoms with Gasteiger partial charge < -0.3 is 20.6 Å². The predicted octanol–water partition coefficient (Wildman–Crippen LogP) is -0.866. The normalized spacial score (nSPS) is 19.5. The van der Waals surface area contributed by atoms with Crippen molar-refractivity contribution in [3.8, 4) is 0 Å². The van der Waals surface area contributed by atoms with E-state index >= 15 is 0 Å². The number of Topliss-reactive ketones (excluding diaryl/α,β-unsaturated/α-hetero) is 2. The van der Waals surface area contributed by atoms with Crippen LogP contribution in [0.3, 0.4) is 0 Å². The summed E-state index contributed by atoms with van der Waals surface area (Å²) < 4.78 is 0. The second-order valence-electron chi connectivity index (χ2n) is 5.82. The average molecular weight is 271 g/mol. The number of hydrogen-bond donors (Lipinski definition) is 4. The Morgan fingerprint density at radius 1 is 1.11 bits per heavy atom. The zero-order chi connectivity index (χ0) is 14.7. The zero-order valence-corrected chi connectivity index (χ0v) is 11.3. The van der Waals surface area contributed by atoms with Crippen LogP contribution in [0.5, 0.6) is 0 Å². The van der Waals surface area contributed by atoms with Crippen LogP contribution in [0.15, 0.2) is 11.8 Å². The molecule has 0 unspecified atom stereocenters. The molecule has 0 aromatic rings. The molecule has 0 spiro atoms. The van der Waals surface area contributed by atoms with Gasteiger partial charge in [0.25, 0.3) is 0 Å². The smallest absolute Gasteiger partial charge is 0.168 e. The fraction of sp³-hybridized carbons (Fsp3) is 0.692. The van der Waals surface area contributed by atoms with Crippen molar-refractivity contribution in [2.24, 2.45) is 5.41 Å². The van der Waals surface area contributed by atoms with Crippen LogP contribution in [0.1, 0.15) is 26.7 Å². The summed E-state index contributed by atoms with van der Waals surface area (Å²) in [6.45, 7) is 2.16. The van der Waals surface area contributed by atoms with Gasteiger partial charge in [-0.3, -0.25) is 9.59 Å². The van der Waals surface area contributed by atoms with Crippen molar-refractivity contribution in [3.05, 3.63) is 11.8 Å². The van der Waals surface area contributed by atoms with Gasteiger partial charge >= 0.3 is 0 Å². The third-order valence-corrected chi connectivity index (χ3v) is 3.31. The Hall–Kier alpha value is -1.24. The van der Waals surface area contributed by atoms with E-state index in [0.717, 1.165) is 0 Å². The lowest BCUT2D eigenvalue weighted by Crippen LogP contribution is -2.53. The Kier molecular flexibility index (Phi) is 4.84. The summed E-state index contributed by atoms with van der Waals surface area (Å²) in [6.07, 6.45) is 1.75. The molecule has 6 nitrogen and oxygen atoms in total. The number of nitrogens with one attached hydrogen (secondary N) is 1. The molecule has 0 aromatic heterocycles. The summed E-state index contributed by atoms with van der Waals surface area (Å²) in [5, 5.41) is 30.0. The lowest BCUT2D eigenvalue weighted by molar-refractivity contribution is -0.127. The summed E-state index contributed by atoms with van der Waals surface area (Å²) in [6, 6.07) is 0. The Morgan fingerprint density at radius 3 is 1.89 bits per heavy atom. The summed E-state index contributed by atoms with van der Waals surface area (Å²) in [7, 11) is 0. The standard InChI is InChI=1S/C13H21NO5/c1-12(2)3-10(18)9(11(19)4-12)5-14-13(6-15,7-16)8-17/h5,14-17H,3-4,6-8H2,1-2H3. The molecule has 6 heteroatoms. The summed E-state index contributed by atoms with van der Waals surface area (Å²) in [5.74, 6) is -0.534. The van der Waals surface area contributed by atoms with Gasteiger partial charge in [-0.2, -0.15) is 0 Å². The Labute approximate surface area is 112 Å². The van der Waals surface area contributed by atoms with Crippen LogP contribution in [0.25, 0.3) is 0 Å². The Balaban J connectivity index is 2.88. The zero-order valence-electron chi connectivity index (χ0n) is 11.3. The number of hydrogen-bond acceptors (Lipinski definition) is 6. The van der Waals surface area contributed by atoms with Crippen LogP contribution in [0.2, 0.25) is 0 Å². The van der Waals surface area contributed by atoms with Gasteiger partial charge in [-0.15, -0.1) is 0 Å². The number of carbonyl (C=O) groups excluding carboxylic acids is 2. The van der Waals surface area contributed by atoms with E-state index < -0.39 is 25.4 Å². The van der Waals surface area contributed by atoms with E-state index in [1.54, 1.807) is 0 Å². The van der Waals surface area contributed by atoms with E-state index in [-0.39, 0.29) is 35.4 Å². The average Bonchev–Trinajstić information content (AvgIpc) is 2.32. The molecule has 0 aliphatic heterocycles. The molecule has 0 amide bonds. The second-order valence-corrected chi connectivity index (χ2v) is 5.82. The van der Waals surface area contributed by atoms with Crippen LogP contribution < -0.4 is 5.32 Å². The van der Waals surface area contributed by atoms with E-state index in [1.807, 2.05) is 13.8 Å². The first-order valence-electron chi connectivity index (χ1n) is 6.16. The quantitative estimate of drug-likeness (QED) is 0.383. The van der Waals surface area contributed by atoms with Crippen LogP contribution in [-0.2, 0) is 9.59 Å². The molecule has 1 aliphatic carbocycles. The van der Waals surface area contributed by atoms with Crippen molar-refractivity contribution in [1.82, 2.24) is 5.32 Å². The van der Waals surface area contributed by atoms with Gasteiger partial charge in [0.1, 0.15) is 5.54 Å². The maximum absolute atomic E-state index is 11.9. The third-order valence-electron chi connectivity index (χ3n) is 3.31. The van der Waals surface area contributed by atoms with Crippen molar-refractivity contribution in [2.75, 3.05) is 19.8 Å². The molecule has 0 radical (unpaired) electrons. The molecule has 1 fully saturated rings. The first kappa shape index (κ1) is 15.8. The maximum Gasteiger partial charge on any atom is 0.168 e. The largest absolute Gasteiger partial charge is 0.394 e. The molecular formula is C13H21NO5. The maximum atomic E-state index is 11.9. The molecule has 19 heavy (non-hydrogen) atoms. The van der Waals surface area contributed by atoms with Gasteiger partial charge in [0.15, 0.2) is 11.6 Å². The predicted molar refractivity (Wildman–Crippen MR) is 68.2 cm³/mol. The molecule has 0 heterocycles. The van der Waals surface area contributed by atoms with Crippen molar-refractivity contribution >= 4 is 11.6 Å². The van der Waals surface area contributed by atoms with Gasteiger partial charge in [0.2, 0.25) is 0 Å². The molecule has 4 N–H and O–H groups in total. The summed E-state index contributed by atoms with van der Waals surface area (Å²) >= 11 is 0. The van der Waals surface area contributed by atoms with Crippen LogP contribution in [0, 0.1) is 5.41 Å². The van der Waals surface area contributed by atoms with Crippen LogP contribution in [0.4, 0.5) is 0 Å². The Bertz CT molecular complexity index is 366. The van der Waals surface area contributed by atoms with E-state index in [0.29, 0.717) is 0 Å². The van der Waals surface area contributed by atoms with Gasteiger partial charge in [0.05, 0.1) is 25.4 Å². The van der Waals surface area contributed by atoms with E-state index in [9.17, 15) is 9.59 Å². The number of carbonyl (C=O) groups is 2. The van der Waals surface area contributed by atoms with Crippen molar-refractivity contribution in [1.29, 1.82) is 0 Å². The number of aliphatic hydroxyl groups excluding tert-OH is 3. The molecule has 0 aromatic carbocycles. The first-order valence-corrected chi connectivity index (χ1v) is 6.16. The SMILES string of the molecule is CC1(C)CC(=O)C(=CNC(CO)(CO)CO)C(=O)C1. The highest BCUT2D eigenvalue weighted by Gasteiger charge is 2.36. The fourth-order valence-electron chi connectivity index (χ4n) is 1.95. The van der Waals surface area contributed by atoms with Crippen LogP contribution in [-0.4, -0.2) is 52.2 Å². The molecule has 108 valence electrons. The van der Waals surface area contributed by atoms with E-state index in [1.165, 1.54) is 6.20 Å². The summed E-state index contributed by atoms with van der Waals surface area (Å²) in [5.41, 5.74) is -1.65. The molecule has 1 saturated carbocycles. The monoisotopic (exact) mass is 271 g/mol. The number of allylic oxidation sites excluding steroid dienone is 1. The van der Waals surface area contributed by atoms with Crippen molar-refractivity contribution < 1.29 is 24.9 Å². The third kappa shape index (κ3) is 3.62. The highest BCUT2D eigenvalue weighted by Crippen LogP contribution is 2.33. The highest BCUT2D eigenvalue weighted by molar-refractivity contribution is 6.22. The molecular weight excluding hydrogens is 250 g/mol. The summed E-state index contributed by atoms with van der Waals surface area (Å²) in [4.78, 5) is 23.8. The van der Waals surface area contributed by atoms with Crippen LogP contribution >= 0.6 is 0 Å². The van der Waals surface area contributed by atoms with Gasteiger partial charge in [-0.05, 0) is 5.41 Å². The Morgan fingerprint density at radius 2 is 1.53 bits per heavy atom. The van der Waals surface area contributed by atoms with Gasteiger partial charge in [0, 0.05) is 19.0 Å². The van der Waals surface area contributed by atoms with E-state index in [4.69, 9.17) is 15.3 Å². The number of rotatable bonds is 5. The molecule has 1 rings (SSSR count). The molecule has 0 bridgehead atoms. The van der Waals surface area contributed by atoms with Crippen molar-refractivity contribution in [2.45, 2.75) is 32.2 Å². The molecule has 1 aliphatic rings. The molecule has 0 atom stereocenters. The minimum Gasteiger partial charge on any atom is -0.394 e. The lowest BCUT2D eigenvalue weighted by atomic mass is 9.74. The lowest BCUT2D eigenvalue weighted by Gasteiger charge is -2.31. The number of ketones is 2. The van der Waals surface area contributed by atoms with Gasteiger partial charge in [-0.1, -0.05) is 13.8 Å². The topological polar surface area (TPSA) is 107 Å². The second kappa shape index (κ2) is 5.81. The number of aliphatic hydroxyl groups is 3.